The van der Waals surface area contributed by atoms with Gasteiger partial charge >= 0.3 is 0 Å². The Hall–Kier alpha value is -0.890. The lowest BCUT2D eigenvalue weighted by Gasteiger charge is -2.31. The Labute approximate surface area is 96.0 Å². The summed E-state index contributed by atoms with van der Waals surface area (Å²) in [5.41, 5.74) is 7.78. The zero-order chi connectivity index (χ0) is 10.8. The topological polar surface area (TPSA) is 29.3 Å². The summed E-state index contributed by atoms with van der Waals surface area (Å²) in [4.78, 5) is 2.21. The Balaban J connectivity index is 2.09. The summed E-state index contributed by atoms with van der Waals surface area (Å²) in [6, 6.07) is 5.64. The highest BCUT2D eigenvalue weighted by atomic mass is 35.5. The first-order valence-electron chi connectivity index (χ1n) is 5.43. The lowest BCUT2D eigenvalue weighted by atomic mass is 9.85. The average Bonchev–Trinajstić information content (AvgIpc) is 2.15. The van der Waals surface area contributed by atoms with Crippen molar-refractivity contribution in [3.05, 3.63) is 23.2 Å². The number of rotatable bonds is 3. The predicted molar refractivity (Wildman–Crippen MR) is 66.5 cm³/mol. The van der Waals surface area contributed by atoms with Crippen molar-refractivity contribution in [2.75, 3.05) is 24.2 Å². The van der Waals surface area contributed by atoms with E-state index in [9.17, 15) is 0 Å². The first-order chi connectivity index (χ1) is 7.16. The van der Waals surface area contributed by atoms with E-state index < -0.39 is 0 Å². The molecule has 0 spiro atoms. The molecule has 1 aliphatic rings. The highest BCUT2D eigenvalue weighted by Gasteiger charge is 2.19. The summed E-state index contributed by atoms with van der Waals surface area (Å²) < 4.78 is 0. The second-order valence-corrected chi connectivity index (χ2v) is 4.82. The fourth-order valence-corrected chi connectivity index (χ4v) is 2.17. The van der Waals surface area contributed by atoms with E-state index in [2.05, 4.69) is 11.9 Å². The lowest BCUT2D eigenvalue weighted by molar-refractivity contribution is 0.321. The molecule has 0 unspecified atom stereocenters. The van der Waals surface area contributed by atoms with Crippen molar-refractivity contribution in [3.63, 3.8) is 0 Å². The van der Waals surface area contributed by atoms with Crippen LogP contribution in [0.1, 0.15) is 19.3 Å². The number of halogens is 1. The van der Waals surface area contributed by atoms with Gasteiger partial charge in [-0.25, -0.2) is 0 Å². The molecule has 0 aliphatic heterocycles. The number of hydrogen-bond acceptors (Lipinski definition) is 2. The van der Waals surface area contributed by atoms with Crippen molar-refractivity contribution in [3.8, 4) is 0 Å². The first-order valence-corrected chi connectivity index (χ1v) is 5.81. The molecule has 15 heavy (non-hydrogen) atoms. The molecule has 1 aromatic carbocycles. The Kier molecular flexibility index (Phi) is 3.06. The predicted octanol–water partition coefficient (Wildman–Crippen LogP) is 3.16. The molecule has 2 nitrogen and oxygen atoms in total. The summed E-state index contributed by atoms with van der Waals surface area (Å²) in [5, 5.41) is 0.750. The first kappa shape index (κ1) is 10.6. The molecular formula is C12H17ClN2. The van der Waals surface area contributed by atoms with Gasteiger partial charge in [0.2, 0.25) is 0 Å². The molecule has 0 aromatic heterocycles. The zero-order valence-corrected chi connectivity index (χ0v) is 9.80. The minimum Gasteiger partial charge on any atom is -0.397 e. The second-order valence-electron chi connectivity index (χ2n) is 4.38. The smallest absolute Gasteiger partial charge is 0.0612 e. The summed E-state index contributed by atoms with van der Waals surface area (Å²) in [7, 11) is 2.08. The van der Waals surface area contributed by atoms with E-state index in [1.165, 1.54) is 19.3 Å². The van der Waals surface area contributed by atoms with Gasteiger partial charge in [0, 0.05) is 18.6 Å². The molecule has 0 bridgehead atoms. The Morgan fingerprint density at radius 2 is 2.20 bits per heavy atom. The van der Waals surface area contributed by atoms with Crippen LogP contribution in [0.5, 0.6) is 0 Å². The van der Waals surface area contributed by atoms with Crippen molar-refractivity contribution >= 4 is 23.0 Å². The maximum Gasteiger partial charge on any atom is 0.0612 e. The SMILES string of the molecule is CN(CC1CCC1)c1cc(Cl)ccc1N. The summed E-state index contributed by atoms with van der Waals surface area (Å²) in [6.07, 6.45) is 4.08. The van der Waals surface area contributed by atoms with Crippen molar-refractivity contribution in [2.45, 2.75) is 19.3 Å². The quantitative estimate of drug-likeness (QED) is 0.800. The Bertz CT molecular complexity index is 347. The fourth-order valence-electron chi connectivity index (χ4n) is 2.01. The van der Waals surface area contributed by atoms with E-state index in [1.807, 2.05) is 18.2 Å². The lowest BCUT2D eigenvalue weighted by Crippen LogP contribution is -2.29. The van der Waals surface area contributed by atoms with Gasteiger partial charge in [0.1, 0.15) is 0 Å². The standard InChI is InChI=1S/C12H17ClN2/c1-15(8-9-3-2-4-9)12-7-10(13)5-6-11(12)14/h5-7,9H,2-4,8,14H2,1H3. The van der Waals surface area contributed by atoms with Gasteiger partial charge in [0.05, 0.1) is 11.4 Å². The third-order valence-corrected chi connectivity index (χ3v) is 3.40. The van der Waals surface area contributed by atoms with Crippen molar-refractivity contribution < 1.29 is 0 Å². The Morgan fingerprint density at radius 1 is 1.47 bits per heavy atom. The molecule has 3 heteroatoms. The molecule has 1 aliphatic carbocycles. The van der Waals surface area contributed by atoms with Gasteiger partial charge in [0.25, 0.3) is 0 Å². The molecule has 1 aromatic rings. The highest BCUT2D eigenvalue weighted by molar-refractivity contribution is 6.31. The molecule has 2 N–H and O–H groups in total. The van der Waals surface area contributed by atoms with Crippen molar-refractivity contribution in [1.82, 2.24) is 0 Å². The van der Waals surface area contributed by atoms with Gasteiger partial charge in [-0.05, 0) is 37.0 Å². The summed E-state index contributed by atoms with van der Waals surface area (Å²) >= 11 is 5.96. The van der Waals surface area contributed by atoms with E-state index in [1.54, 1.807) is 0 Å². The van der Waals surface area contributed by atoms with Crippen LogP contribution in [0, 0.1) is 5.92 Å². The van der Waals surface area contributed by atoms with Crippen LogP contribution in [0.15, 0.2) is 18.2 Å². The molecule has 0 heterocycles. The fraction of sp³-hybridized carbons (Fsp3) is 0.500. The molecule has 1 fully saturated rings. The second kappa shape index (κ2) is 4.31. The maximum atomic E-state index is 5.96. The van der Waals surface area contributed by atoms with E-state index >= 15 is 0 Å². The van der Waals surface area contributed by atoms with Crippen LogP contribution in [-0.4, -0.2) is 13.6 Å². The van der Waals surface area contributed by atoms with E-state index in [4.69, 9.17) is 17.3 Å². The average molecular weight is 225 g/mol. The van der Waals surface area contributed by atoms with Gasteiger partial charge in [-0.2, -0.15) is 0 Å². The molecule has 1 saturated carbocycles. The largest absolute Gasteiger partial charge is 0.397 e. The van der Waals surface area contributed by atoms with Gasteiger partial charge in [0.15, 0.2) is 0 Å². The zero-order valence-electron chi connectivity index (χ0n) is 9.04. The van der Waals surface area contributed by atoms with Crippen LogP contribution in [-0.2, 0) is 0 Å². The third-order valence-electron chi connectivity index (χ3n) is 3.16. The molecule has 0 atom stereocenters. The van der Waals surface area contributed by atoms with Gasteiger partial charge in [-0.1, -0.05) is 18.0 Å². The third kappa shape index (κ3) is 2.37. The number of nitrogens with zero attached hydrogens (tertiary/aromatic N) is 1. The molecule has 0 amide bonds. The van der Waals surface area contributed by atoms with Crippen LogP contribution >= 0.6 is 11.6 Å². The monoisotopic (exact) mass is 224 g/mol. The van der Waals surface area contributed by atoms with Crippen LogP contribution in [0.2, 0.25) is 5.02 Å². The van der Waals surface area contributed by atoms with E-state index in [-0.39, 0.29) is 0 Å². The van der Waals surface area contributed by atoms with Crippen LogP contribution in [0.25, 0.3) is 0 Å². The summed E-state index contributed by atoms with van der Waals surface area (Å²) in [6.45, 7) is 1.09. The number of nitrogens with two attached hydrogens (primary N) is 1. The van der Waals surface area contributed by atoms with Crippen LogP contribution < -0.4 is 10.6 Å². The molecule has 82 valence electrons. The van der Waals surface area contributed by atoms with Gasteiger partial charge < -0.3 is 10.6 Å². The number of benzene rings is 1. The minimum atomic E-state index is 0.750. The Morgan fingerprint density at radius 3 is 2.80 bits per heavy atom. The van der Waals surface area contributed by atoms with Crippen molar-refractivity contribution in [1.29, 1.82) is 0 Å². The summed E-state index contributed by atoms with van der Waals surface area (Å²) in [5.74, 6) is 0.841. The number of hydrogen-bond donors (Lipinski definition) is 1. The normalized spacial score (nSPS) is 16.1. The van der Waals surface area contributed by atoms with Crippen molar-refractivity contribution in [2.24, 2.45) is 5.92 Å². The molecule has 0 radical (unpaired) electrons. The molecule has 2 rings (SSSR count). The minimum absolute atomic E-state index is 0.750. The van der Waals surface area contributed by atoms with E-state index in [0.717, 1.165) is 28.9 Å². The number of anilines is 2. The van der Waals surface area contributed by atoms with Crippen LogP contribution in [0.3, 0.4) is 0 Å². The number of nitrogen functional groups attached to an aromatic ring is 1. The van der Waals surface area contributed by atoms with E-state index in [0.29, 0.717) is 0 Å². The molecular weight excluding hydrogens is 208 g/mol. The van der Waals surface area contributed by atoms with Gasteiger partial charge in [-0.15, -0.1) is 0 Å². The maximum absolute atomic E-state index is 5.96. The van der Waals surface area contributed by atoms with Crippen LogP contribution in [0.4, 0.5) is 11.4 Å². The molecule has 0 saturated heterocycles. The van der Waals surface area contributed by atoms with Gasteiger partial charge in [-0.3, -0.25) is 0 Å². The highest BCUT2D eigenvalue weighted by Crippen LogP contribution is 2.31.